The van der Waals surface area contributed by atoms with Crippen molar-refractivity contribution in [3.8, 4) is 5.75 Å². The molecule has 1 aromatic rings. The fourth-order valence-electron chi connectivity index (χ4n) is 1.98. The molecule has 0 heterocycles. The van der Waals surface area contributed by atoms with E-state index in [4.69, 9.17) is 15.6 Å². The number of ether oxygens (including phenoxy) is 1. The molecular formula is C15H20FNO5. The molecule has 0 spiro atoms. The molecule has 0 radical (unpaired) electrons. The summed E-state index contributed by atoms with van der Waals surface area (Å²) in [6.07, 6.45) is 0.554. The zero-order valence-corrected chi connectivity index (χ0v) is 12.1. The van der Waals surface area contributed by atoms with Gasteiger partial charge >= 0.3 is 11.9 Å². The minimum atomic E-state index is -1.14. The summed E-state index contributed by atoms with van der Waals surface area (Å²) in [5.74, 6) is -2.32. The van der Waals surface area contributed by atoms with Crippen molar-refractivity contribution in [2.75, 3.05) is 13.3 Å². The van der Waals surface area contributed by atoms with Gasteiger partial charge in [0, 0.05) is 0 Å². The normalized spacial score (nSPS) is 13.4. The molecule has 0 aliphatic carbocycles. The van der Waals surface area contributed by atoms with Crippen molar-refractivity contribution >= 4 is 11.9 Å². The van der Waals surface area contributed by atoms with Crippen LogP contribution in [0.4, 0.5) is 4.39 Å². The summed E-state index contributed by atoms with van der Waals surface area (Å²) in [6, 6.07) is 5.65. The van der Waals surface area contributed by atoms with Gasteiger partial charge in [-0.25, -0.2) is 4.39 Å². The molecule has 0 fully saturated rings. The maximum absolute atomic E-state index is 12.0. The zero-order chi connectivity index (χ0) is 16.5. The Hall–Kier alpha value is -2.15. The second-order valence-electron chi connectivity index (χ2n) is 4.94. The number of aliphatic carboxylic acids is 2. The molecule has 7 heteroatoms. The maximum Gasteiger partial charge on any atom is 0.320 e. The second kappa shape index (κ2) is 8.99. The van der Waals surface area contributed by atoms with Crippen LogP contribution in [0.15, 0.2) is 24.3 Å². The van der Waals surface area contributed by atoms with Crippen LogP contribution in [0.3, 0.4) is 0 Å². The van der Waals surface area contributed by atoms with E-state index in [0.717, 1.165) is 5.56 Å². The van der Waals surface area contributed by atoms with Crippen LogP contribution in [0.5, 0.6) is 5.75 Å². The Kier molecular flexibility index (Phi) is 7.31. The van der Waals surface area contributed by atoms with Crippen LogP contribution in [0.25, 0.3) is 0 Å². The number of benzene rings is 1. The van der Waals surface area contributed by atoms with Gasteiger partial charge in [-0.15, -0.1) is 0 Å². The zero-order valence-electron chi connectivity index (χ0n) is 12.1. The van der Waals surface area contributed by atoms with Crippen LogP contribution >= 0.6 is 0 Å². The van der Waals surface area contributed by atoms with Crippen molar-refractivity contribution in [1.82, 2.24) is 0 Å². The molecule has 1 aromatic carbocycles. The van der Waals surface area contributed by atoms with E-state index in [0.29, 0.717) is 5.75 Å². The van der Waals surface area contributed by atoms with Gasteiger partial charge in [0.25, 0.3) is 0 Å². The van der Waals surface area contributed by atoms with E-state index in [1.54, 1.807) is 24.3 Å². The fourth-order valence-corrected chi connectivity index (χ4v) is 1.98. The fraction of sp³-hybridized carbons (Fsp3) is 0.467. The quantitative estimate of drug-likeness (QED) is 0.603. The predicted molar refractivity (Wildman–Crippen MR) is 77.6 cm³/mol. The highest BCUT2D eigenvalue weighted by atomic mass is 18.2. The summed E-state index contributed by atoms with van der Waals surface area (Å²) in [5.41, 5.74) is 6.17. The number of alkyl halides is 1. The number of nitrogens with two attached hydrogens (primary N) is 1. The molecule has 0 saturated carbocycles. The first-order chi connectivity index (χ1) is 10.4. The number of hydrogen-bond acceptors (Lipinski definition) is 4. The molecule has 0 aliphatic rings. The standard InChI is InChI=1S/C15H20FNO5/c16-7-8-22-12-4-1-10(2-5-12)9-11(14(18)19)3-6-13(17)15(20)21/h1-2,4-5,11,13H,3,6-9,17H2,(H,18,19)(H,20,21)/i16-1. The first kappa shape index (κ1) is 17.9. The number of carbonyl (C=O) groups is 2. The van der Waals surface area contributed by atoms with Crippen molar-refractivity contribution in [3.63, 3.8) is 0 Å². The van der Waals surface area contributed by atoms with Crippen LogP contribution in [0, 0.1) is 5.92 Å². The van der Waals surface area contributed by atoms with Gasteiger partial charge in [-0.3, -0.25) is 9.59 Å². The molecule has 0 amide bonds. The van der Waals surface area contributed by atoms with Gasteiger partial charge in [0.05, 0.1) is 5.92 Å². The Balaban J connectivity index is 2.59. The Morgan fingerprint density at radius 1 is 1.14 bits per heavy atom. The highest BCUT2D eigenvalue weighted by Gasteiger charge is 2.21. The highest BCUT2D eigenvalue weighted by Crippen LogP contribution is 2.18. The molecule has 0 bridgehead atoms. The second-order valence-corrected chi connectivity index (χ2v) is 4.94. The van der Waals surface area contributed by atoms with Gasteiger partial charge in [-0.05, 0) is 37.0 Å². The SMILES string of the molecule is NC(CCC(Cc1ccc(OCC[18F])cc1)C(=O)O)C(=O)O. The Morgan fingerprint density at radius 3 is 2.27 bits per heavy atom. The van der Waals surface area contributed by atoms with Gasteiger partial charge in [0.1, 0.15) is 25.1 Å². The summed E-state index contributed by atoms with van der Waals surface area (Å²) < 4.78 is 17.1. The van der Waals surface area contributed by atoms with Gasteiger partial charge < -0.3 is 20.7 Å². The largest absolute Gasteiger partial charge is 0.491 e. The molecule has 0 aromatic heterocycles. The van der Waals surface area contributed by atoms with E-state index in [9.17, 15) is 19.1 Å². The topological polar surface area (TPSA) is 110 Å². The number of hydrogen-bond donors (Lipinski definition) is 3. The lowest BCUT2D eigenvalue weighted by Gasteiger charge is -2.14. The third kappa shape index (κ3) is 6.09. The molecule has 22 heavy (non-hydrogen) atoms. The smallest absolute Gasteiger partial charge is 0.320 e. The first-order valence-corrected chi connectivity index (χ1v) is 6.93. The van der Waals surface area contributed by atoms with E-state index in [2.05, 4.69) is 0 Å². The molecule has 2 atom stereocenters. The van der Waals surface area contributed by atoms with Crippen molar-refractivity contribution in [2.45, 2.75) is 25.3 Å². The van der Waals surface area contributed by atoms with Crippen molar-refractivity contribution in [1.29, 1.82) is 0 Å². The Labute approximate surface area is 127 Å². The molecule has 1 rings (SSSR count). The van der Waals surface area contributed by atoms with E-state index >= 15 is 0 Å². The minimum absolute atomic E-state index is 0.0236. The Bertz CT molecular complexity index is 491. The molecule has 4 N–H and O–H groups in total. The van der Waals surface area contributed by atoms with Crippen LogP contribution < -0.4 is 10.5 Å². The molecular weight excluding hydrogens is 292 g/mol. The number of halogens is 1. The lowest BCUT2D eigenvalue weighted by Crippen LogP contribution is -2.31. The first-order valence-electron chi connectivity index (χ1n) is 6.93. The monoisotopic (exact) mass is 312 g/mol. The molecule has 122 valence electrons. The van der Waals surface area contributed by atoms with E-state index in [1.165, 1.54) is 0 Å². The number of rotatable bonds is 10. The van der Waals surface area contributed by atoms with Crippen LogP contribution in [0.2, 0.25) is 0 Å². The molecule has 0 aliphatic heterocycles. The summed E-state index contributed by atoms with van der Waals surface area (Å²) in [6.45, 7) is -0.600. The third-order valence-corrected chi connectivity index (χ3v) is 3.24. The Morgan fingerprint density at radius 2 is 1.77 bits per heavy atom. The summed E-state index contributed by atoms with van der Waals surface area (Å²) in [4.78, 5) is 21.9. The lowest BCUT2D eigenvalue weighted by molar-refractivity contribution is -0.143. The van der Waals surface area contributed by atoms with Crippen molar-refractivity contribution < 1.29 is 28.9 Å². The summed E-state index contributed by atoms with van der Waals surface area (Å²) in [7, 11) is 0. The minimum Gasteiger partial charge on any atom is -0.491 e. The maximum atomic E-state index is 12.0. The molecule has 6 nitrogen and oxygen atoms in total. The van der Waals surface area contributed by atoms with Crippen LogP contribution in [0.1, 0.15) is 18.4 Å². The average Bonchev–Trinajstić information content (AvgIpc) is 2.49. The number of carboxylic acids is 2. The van der Waals surface area contributed by atoms with Crippen molar-refractivity contribution in [3.05, 3.63) is 29.8 Å². The van der Waals surface area contributed by atoms with Crippen molar-refractivity contribution in [2.24, 2.45) is 11.7 Å². The van der Waals surface area contributed by atoms with E-state index in [1.807, 2.05) is 0 Å². The van der Waals surface area contributed by atoms with Gasteiger partial charge in [-0.2, -0.15) is 0 Å². The van der Waals surface area contributed by atoms with Gasteiger partial charge in [0.15, 0.2) is 0 Å². The third-order valence-electron chi connectivity index (χ3n) is 3.24. The predicted octanol–water partition coefficient (Wildman–Crippen LogP) is 1.47. The van der Waals surface area contributed by atoms with Crippen LogP contribution in [-0.4, -0.2) is 41.5 Å². The van der Waals surface area contributed by atoms with E-state index < -0.39 is 30.6 Å². The summed E-state index contributed by atoms with van der Waals surface area (Å²) >= 11 is 0. The highest BCUT2D eigenvalue weighted by molar-refractivity contribution is 5.73. The lowest BCUT2D eigenvalue weighted by atomic mass is 9.93. The summed E-state index contributed by atoms with van der Waals surface area (Å²) in [5, 5.41) is 17.9. The van der Waals surface area contributed by atoms with Gasteiger partial charge in [0.2, 0.25) is 0 Å². The average molecular weight is 312 g/mol. The molecule has 2 unspecified atom stereocenters. The van der Waals surface area contributed by atoms with E-state index in [-0.39, 0.29) is 25.9 Å². The van der Waals surface area contributed by atoms with Crippen LogP contribution in [-0.2, 0) is 16.0 Å². The molecule has 0 saturated heterocycles. The number of carboxylic acid groups (broad SMARTS) is 2. The van der Waals surface area contributed by atoms with Gasteiger partial charge in [-0.1, -0.05) is 12.1 Å².